The van der Waals surface area contributed by atoms with Gasteiger partial charge in [-0.15, -0.1) is 0 Å². The van der Waals surface area contributed by atoms with Gasteiger partial charge in [-0.2, -0.15) is 0 Å². The molecule has 0 aliphatic rings. The summed E-state index contributed by atoms with van der Waals surface area (Å²) >= 11 is 3.57. The normalized spacial score (nSPS) is 11.1. The highest BCUT2D eigenvalue weighted by molar-refractivity contribution is 9.10. The van der Waals surface area contributed by atoms with Gasteiger partial charge in [0, 0.05) is 30.2 Å². The molecule has 0 aliphatic heterocycles. The van der Waals surface area contributed by atoms with Gasteiger partial charge in [-0.05, 0) is 36.2 Å². The Hall–Kier alpha value is -2.41. The average Bonchev–Trinajstić information content (AvgIpc) is 2.69. The molecule has 0 saturated carbocycles. The van der Waals surface area contributed by atoms with Gasteiger partial charge < -0.3 is 24.8 Å². The van der Waals surface area contributed by atoms with Crippen molar-refractivity contribution in [3.8, 4) is 17.2 Å². The molecule has 0 radical (unpaired) electrons. The monoisotopic (exact) mass is 435 g/mol. The van der Waals surface area contributed by atoms with Crippen molar-refractivity contribution in [3.05, 3.63) is 51.5 Å². The zero-order valence-corrected chi connectivity index (χ0v) is 17.9. The van der Waals surface area contributed by atoms with E-state index in [1.54, 1.807) is 28.4 Å². The van der Waals surface area contributed by atoms with Gasteiger partial charge in [-0.3, -0.25) is 4.99 Å². The van der Waals surface area contributed by atoms with Gasteiger partial charge >= 0.3 is 0 Å². The Balaban J connectivity index is 2.02. The van der Waals surface area contributed by atoms with E-state index in [9.17, 15) is 0 Å². The molecule has 2 aromatic carbocycles. The zero-order valence-electron chi connectivity index (χ0n) is 16.4. The summed E-state index contributed by atoms with van der Waals surface area (Å²) < 4.78 is 17.1. The summed E-state index contributed by atoms with van der Waals surface area (Å²) in [6.07, 6.45) is 0. The van der Waals surface area contributed by atoms with E-state index in [-0.39, 0.29) is 0 Å². The van der Waals surface area contributed by atoms with E-state index in [1.165, 1.54) is 0 Å². The number of nitrogens with zero attached hydrogens (tertiary/aromatic N) is 1. The first-order valence-corrected chi connectivity index (χ1v) is 9.30. The second kappa shape index (κ2) is 10.1. The number of ether oxygens (including phenoxy) is 3. The third-order valence-electron chi connectivity index (χ3n) is 4.11. The van der Waals surface area contributed by atoms with Crippen molar-refractivity contribution < 1.29 is 14.2 Å². The first kappa shape index (κ1) is 20.9. The molecule has 0 aliphatic carbocycles. The first-order valence-electron chi connectivity index (χ1n) is 8.50. The van der Waals surface area contributed by atoms with Crippen LogP contribution in [0.1, 0.15) is 16.7 Å². The molecule has 0 heterocycles. The lowest BCUT2D eigenvalue weighted by molar-refractivity contribution is 0.354. The fourth-order valence-corrected chi connectivity index (χ4v) is 3.07. The number of nitrogens with one attached hydrogen (secondary N) is 2. The maximum atomic E-state index is 5.45. The minimum Gasteiger partial charge on any atom is -0.496 e. The molecule has 0 amide bonds. The number of hydrogen-bond acceptors (Lipinski definition) is 4. The fourth-order valence-electron chi connectivity index (χ4n) is 2.61. The van der Waals surface area contributed by atoms with Crippen molar-refractivity contribution in [2.24, 2.45) is 4.99 Å². The summed E-state index contributed by atoms with van der Waals surface area (Å²) in [6, 6.07) is 9.97. The van der Waals surface area contributed by atoms with Crippen molar-refractivity contribution in [1.82, 2.24) is 10.6 Å². The van der Waals surface area contributed by atoms with Gasteiger partial charge in [-0.25, -0.2) is 0 Å². The van der Waals surface area contributed by atoms with Crippen molar-refractivity contribution in [1.29, 1.82) is 0 Å². The molecule has 0 bridgehead atoms. The highest BCUT2D eigenvalue weighted by Crippen LogP contribution is 2.33. The second-order valence-electron chi connectivity index (χ2n) is 5.89. The first-order chi connectivity index (χ1) is 13.0. The van der Waals surface area contributed by atoms with Crippen LogP contribution < -0.4 is 24.8 Å². The van der Waals surface area contributed by atoms with Crippen LogP contribution in [0.2, 0.25) is 0 Å². The van der Waals surface area contributed by atoms with Crippen LogP contribution in [0, 0.1) is 6.92 Å². The lowest BCUT2D eigenvalue weighted by Gasteiger charge is -2.16. The number of guanidine groups is 1. The number of aliphatic imine (C=N–C) groups is 1. The largest absolute Gasteiger partial charge is 0.496 e. The lowest BCUT2D eigenvalue weighted by Crippen LogP contribution is -2.36. The minimum absolute atomic E-state index is 0.575. The molecule has 0 atom stereocenters. The number of hydrogen-bond donors (Lipinski definition) is 2. The smallest absolute Gasteiger partial charge is 0.191 e. The van der Waals surface area contributed by atoms with Crippen molar-refractivity contribution >= 4 is 21.9 Å². The third-order valence-corrected chi connectivity index (χ3v) is 4.85. The predicted octanol–water partition coefficient (Wildman–Crippen LogP) is 3.65. The van der Waals surface area contributed by atoms with Gasteiger partial charge in [-0.1, -0.05) is 28.1 Å². The molecule has 0 aromatic heterocycles. The maximum Gasteiger partial charge on any atom is 0.191 e. The molecule has 0 fully saturated rings. The molecule has 0 spiro atoms. The van der Waals surface area contributed by atoms with Crippen LogP contribution in [-0.4, -0.2) is 34.3 Å². The molecule has 27 heavy (non-hydrogen) atoms. The molecular weight excluding hydrogens is 410 g/mol. The quantitative estimate of drug-likeness (QED) is 0.513. The van der Waals surface area contributed by atoms with Gasteiger partial charge in [0.2, 0.25) is 0 Å². The van der Waals surface area contributed by atoms with Crippen LogP contribution >= 0.6 is 15.9 Å². The Morgan fingerprint density at radius 2 is 1.48 bits per heavy atom. The fraction of sp³-hybridized carbons (Fsp3) is 0.350. The number of methoxy groups -OCH3 is 3. The Labute approximate surface area is 169 Å². The van der Waals surface area contributed by atoms with Crippen molar-refractivity contribution in [2.45, 2.75) is 20.0 Å². The molecule has 7 heteroatoms. The van der Waals surface area contributed by atoms with Crippen LogP contribution in [0.15, 0.2) is 39.8 Å². The Morgan fingerprint density at radius 1 is 0.889 bits per heavy atom. The SMILES string of the molecule is CN=C(NCc1cc(OC)c(OC)cc1Br)NCc1ccc(C)cc1OC. The van der Waals surface area contributed by atoms with Crippen LogP contribution in [0.4, 0.5) is 0 Å². The van der Waals surface area contributed by atoms with Crippen molar-refractivity contribution in [3.63, 3.8) is 0 Å². The molecule has 2 rings (SSSR count). The highest BCUT2D eigenvalue weighted by atomic mass is 79.9. The van der Waals surface area contributed by atoms with E-state index >= 15 is 0 Å². The molecular formula is C20H26BrN3O3. The molecule has 146 valence electrons. The van der Waals surface area contributed by atoms with Gasteiger partial charge in [0.25, 0.3) is 0 Å². The summed E-state index contributed by atoms with van der Waals surface area (Å²) in [5.74, 6) is 2.92. The van der Waals surface area contributed by atoms with E-state index in [0.717, 1.165) is 26.9 Å². The molecule has 0 unspecified atom stereocenters. The Bertz CT molecular complexity index is 809. The van der Waals surface area contributed by atoms with E-state index in [4.69, 9.17) is 14.2 Å². The number of benzene rings is 2. The summed E-state index contributed by atoms with van der Waals surface area (Å²) in [5.41, 5.74) is 3.26. The van der Waals surface area contributed by atoms with E-state index in [1.807, 2.05) is 25.1 Å². The van der Waals surface area contributed by atoms with E-state index in [2.05, 4.69) is 43.7 Å². The van der Waals surface area contributed by atoms with Crippen LogP contribution in [-0.2, 0) is 13.1 Å². The van der Waals surface area contributed by atoms with Crippen LogP contribution in [0.3, 0.4) is 0 Å². The van der Waals surface area contributed by atoms with Crippen LogP contribution in [0.25, 0.3) is 0 Å². The molecule has 2 N–H and O–H groups in total. The van der Waals surface area contributed by atoms with Crippen LogP contribution in [0.5, 0.6) is 17.2 Å². The number of halogens is 1. The highest BCUT2D eigenvalue weighted by Gasteiger charge is 2.10. The van der Waals surface area contributed by atoms with E-state index in [0.29, 0.717) is 30.5 Å². The van der Waals surface area contributed by atoms with Gasteiger partial charge in [0.1, 0.15) is 5.75 Å². The average molecular weight is 436 g/mol. The number of aryl methyl sites for hydroxylation is 1. The Morgan fingerprint density at radius 3 is 2.07 bits per heavy atom. The minimum atomic E-state index is 0.575. The van der Waals surface area contributed by atoms with Gasteiger partial charge in [0.15, 0.2) is 17.5 Å². The van der Waals surface area contributed by atoms with Gasteiger partial charge in [0.05, 0.1) is 21.3 Å². The third kappa shape index (κ3) is 5.53. The lowest BCUT2D eigenvalue weighted by atomic mass is 10.1. The molecule has 0 saturated heterocycles. The summed E-state index contributed by atoms with van der Waals surface area (Å²) in [7, 11) is 6.66. The second-order valence-corrected chi connectivity index (χ2v) is 6.75. The summed E-state index contributed by atoms with van der Waals surface area (Å²) in [4.78, 5) is 4.28. The zero-order chi connectivity index (χ0) is 19.8. The molecule has 6 nitrogen and oxygen atoms in total. The van der Waals surface area contributed by atoms with E-state index < -0.39 is 0 Å². The summed E-state index contributed by atoms with van der Waals surface area (Å²) in [5, 5.41) is 6.61. The van der Waals surface area contributed by atoms with Crippen molar-refractivity contribution in [2.75, 3.05) is 28.4 Å². The topological polar surface area (TPSA) is 64.1 Å². The number of rotatable bonds is 7. The molecule has 2 aromatic rings. The standard InChI is InChI=1S/C20H26BrN3O3/c1-13-6-7-14(17(8-13)25-3)11-23-20(22-2)24-12-15-9-18(26-4)19(27-5)10-16(15)21/h6-10H,11-12H2,1-5H3,(H2,22,23,24). The summed E-state index contributed by atoms with van der Waals surface area (Å²) in [6.45, 7) is 3.23. The maximum absolute atomic E-state index is 5.45. The predicted molar refractivity (Wildman–Crippen MR) is 112 cm³/mol. The Kier molecular flexibility index (Phi) is 7.79.